The van der Waals surface area contributed by atoms with E-state index in [0.717, 1.165) is 5.56 Å². The van der Waals surface area contributed by atoms with Gasteiger partial charge < -0.3 is 4.57 Å². The minimum atomic E-state index is 0.00921. The lowest BCUT2D eigenvalue weighted by Crippen LogP contribution is -2.17. The summed E-state index contributed by atoms with van der Waals surface area (Å²) in [5.74, 6) is 0. The Hall–Kier alpha value is -1.83. The van der Waals surface area contributed by atoms with Crippen LogP contribution in [0.5, 0.6) is 0 Å². The number of rotatable bonds is 1. The van der Waals surface area contributed by atoms with Crippen LogP contribution in [-0.4, -0.2) is 4.57 Å². The standard InChI is InChI=1S/C12H10NO/c1-13-9-5-8-11(12(13)14)10-6-3-2-4-7-10/h2-6,8-9H,1H3. The Labute approximate surface area is 82.4 Å². The van der Waals surface area contributed by atoms with Crippen LogP contribution >= 0.6 is 0 Å². The highest BCUT2D eigenvalue weighted by Gasteiger charge is 2.02. The van der Waals surface area contributed by atoms with Crippen molar-refractivity contribution in [2.24, 2.45) is 7.05 Å². The number of aryl methyl sites for hydroxylation is 1. The van der Waals surface area contributed by atoms with Gasteiger partial charge in [-0.05, 0) is 23.8 Å². The summed E-state index contributed by atoms with van der Waals surface area (Å²) in [6, 6.07) is 14.2. The van der Waals surface area contributed by atoms with Crippen LogP contribution < -0.4 is 5.56 Å². The lowest BCUT2D eigenvalue weighted by molar-refractivity contribution is 0.863. The minimum absolute atomic E-state index is 0.00921. The van der Waals surface area contributed by atoms with E-state index in [4.69, 9.17) is 0 Å². The fourth-order valence-electron chi connectivity index (χ4n) is 1.36. The van der Waals surface area contributed by atoms with Gasteiger partial charge in [-0.25, -0.2) is 0 Å². The summed E-state index contributed by atoms with van der Waals surface area (Å²) >= 11 is 0. The van der Waals surface area contributed by atoms with Crippen LogP contribution in [0.25, 0.3) is 11.1 Å². The van der Waals surface area contributed by atoms with E-state index in [-0.39, 0.29) is 5.56 Å². The molecule has 1 aromatic carbocycles. The van der Waals surface area contributed by atoms with Gasteiger partial charge in [-0.1, -0.05) is 24.3 Å². The van der Waals surface area contributed by atoms with E-state index >= 15 is 0 Å². The molecule has 0 unspecified atom stereocenters. The smallest absolute Gasteiger partial charge is 0.258 e. The molecule has 0 saturated heterocycles. The third-order valence-electron chi connectivity index (χ3n) is 2.12. The van der Waals surface area contributed by atoms with Crippen molar-refractivity contribution in [1.82, 2.24) is 4.57 Å². The second-order valence-electron chi connectivity index (χ2n) is 3.11. The van der Waals surface area contributed by atoms with Crippen LogP contribution in [0.15, 0.2) is 47.4 Å². The third kappa shape index (κ3) is 1.46. The molecule has 0 aliphatic carbocycles. The average molecular weight is 184 g/mol. The molecule has 0 atom stereocenters. The summed E-state index contributed by atoms with van der Waals surface area (Å²) in [6.07, 6.45) is 1.74. The van der Waals surface area contributed by atoms with Crippen LogP contribution in [0.4, 0.5) is 0 Å². The Bertz CT molecular complexity index is 485. The van der Waals surface area contributed by atoms with E-state index in [1.54, 1.807) is 17.8 Å². The summed E-state index contributed by atoms with van der Waals surface area (Å²) in [5.41, 5.74) is 1.54. The first kappa shape index (κ1) is 8.75. The van der Waals surface area contributed by atoms with Crippen molar-refractivity contribution in [3.63, 3.8) is 0 Å². The molecule has 1 aromatic heterocycles. The normalized spacial score (nSPS) is 10.1. The number of hydrogen-bond acceptors (Lipinski definition) is 1. The van der Waals surface area contributed by atoms with Crippen molar-refractivity contribution in [2.45, 2.75) is 0 Å². The highest BCUT2D eigenvalue weighted by atomic mass is 16.1. The van der Waals surface area contributed by atoms with Crippen molar-refractivity contribution >= 4 is 0 Å². The first-order chi connectivity index (χ1) is 6.79. The Morgan fingerprint density at radius 3 is 2.79 bits per heavy atom. The molecule has 0 spiro atoms. The maximum atomic E-state index is 11.7. The molecule has 2 aromatic rings. The topological polar surface area (TPSA) is 22.0 Å². The summed E-state index contributed by atoms with van der Waals surface area (Å²) in [4.78, 5) is 11.7. The number of nitrogens with zero attached hydrogens (tertiary/aromatic N) is 1. The monoisotopic (exact) mass is 184 g/mol. The fraction of sp³-hybridized carbons (Fsp3) is 0.0833. The molecule has 1 radical (unpaired) electrons. The Balaban J connectivity index is 2.64. The number of hydrogen-bond donors (Lipinski definition) is 0. The van der Waals surface area contributed by atoms with Gasteiger partial charge in [-0.2, -0.15) is 0 Å². The van der Waals surface area contributed by atoms with Crippen LogP contribution in [-0.2, 0) is 7.05 Å². The predicted molar refractivity (Wildman–Crippen MR) is 56.0 cm³/mol. The highest BCUT2D eigenvalue weighted by Crippen LogP contribution is 2.12. The van der Waals surface area contributed by atoms with E-state index in [0.29, 0.717) is 5.56 Å². The summed E-state index contributed by atoms with van der Waals surface area (Å²) in [7, 11) is 1.74. The molecule has 1 heterocycles. The van der Waals surface area contributed by atoms with Crippen LogP contribution in [0.3, 0.4) is 0 Å². The van der Waals surface area contributed by atoms with Crippen LogP contribution in [0, 0.1) is 6.07 Å². The van der Waals surface area contributed by atoms with Gasteiger partial charge in [0.05, 0.1) is 0 Å². The molecule has 14 heavy (non-hydrogen) atoms. The van der Waals surface area contributed by atoms with Crippen molar-refractivity contribution in [2.75, 3.05) is 0 Å². The van der Waals surface area contributed by atoms with E-state index in [2.05, 4.69) is 6.07 Å². The van der Waals surface area contributed by atoms with E-state index in [1.807, 2.05) is 36.4 Å². The summed E-state index contributed by atoms with van der Waals surface area (Å²) in [6.45, 7) is 0. The first-order valence-corrected chi connectivity index (χ1v) is 4.42. The quantitative estimate of drug-likeness (QED) is 0.663. The molecule has 0 aliphatic rings. The van der Waals surface area contributed by atoms with Gasteiger partial charge in [0, 0.05) is 18.8 Å². The van der Waals surface area contributed by atoms with Crippen molar-refractivity contribution in [1.29, 1.82) is 0 Å². The zero-order chi connectivity index (χ0) is 9.97. The maximum Gasteiger partial charge on any atom is 0.258 e. The van der Waals surface area contributed by atoms with E-state index in [1.165, 1.54) is 0 Å². The maximum absolute atomic E-state index is 11.7. The zero-order valence-corrected chi connectivity index (χ0v) is 7.90. The summed E-state index contributed by atoms with van der Waals surface area (Å²) < 4.78 is 1.57. The highest BCUT2D eigenvalue weighted by molar-refractivity contribution is 5.61. The lowest BCUT2D eigenvalue weighted by Gasteiger charge is -2.01. The molecule has 0 N–H and O–H groups in total. The molecule has 2 heteroatoms. The lowest BCUT2D eigenvalue weighted by atomic mass is 10.1. The minimum Gasteiger partial charge on any atom is -0.318 e. The fourth-order valence-corrected chi connectivity index (χ4v) is 1.36. The van der Waals surface area contributed by atoms with Gasteiger partial charge in [-0.3, -0.25) is 4.79 Å². The molecule has 2 rings (SSSR count). The van der Waals surface area contributed by atoms with Crippen molar-refractivity contribution < 1.29 is 0 Å². The molecule has 69 valence electrons. The second-order valence-corrected chi connectivity index (χ2v) is 3.11. The number of aromatic nitrogens is 1. The Morgan fingerprint density at radius 2 is 2.07 bits per heavy atom. The van der Waals surface area contributed by atoms with Gasteiger partial charge in [0.15, 0.2) is 0 Å². The van der Waals surface area contributed by atoms with Gasteiger partial charge in [-0.15, -0.1) is 0 Å². The molecule has 0 saturated carbocycles. The molecule has 2 nitrogen and oxygen atoms in total. The van der Waals surface area contributed by atoms with Crippen molar-refractivity contribution in [3.8, 4) is 11.1 Å². The molecule has 0 fully saturated rings. The zero-order valence-electron chi connectivity index (χ0n) is 7.90. The number of pyridine rings is 1. The largest absolute Gasteiger partial charge is 0.318 e. The second kappa shape index (κ2) is 3.50. The van der Waals surface area contributed by atoms with Crippen LogP contribution in [0.1, 0.15) is 0 Å². The van der Waals surface area contributed by atoms with E-state index < -0.39 is 0 Å². The Kier molecular flexibility index (Phi) is 2.19. The molecular weight excluding hydrogens is 174 g/mol. The summed E-state index contributed by atoms with van der Waals surface area (Å²) in [5, 5.41) is 0. The van der Waals surface area contributed by atoms with Crippen LogP contribution in [0.2, 0.25) is 0 Å². The van der Waals surface area contributed by atoms with Crippen molar-refractivity contribution in [3.05, 3.63) is 59.0 Å². The predicted octanol–water partition coefficient (Wildman–Crippen LogP) is 1.85. The van der Waals surface area contributed by atoms with E-state index in [9.17, 15) is 4.79 Å². The third-order valence-corrected chi connectivity index (χ3v) is 2.12. The SMILES string of the molecule is Cn1cccc(-c2[c]cccc2)c1=O. The van der Waals surface area contributed by atoms with Gasteiger partial charge in [0.25, 0.3) is 5.56 Å². The molecular formula is C12H10NO. The average Bonchev–Trinajstić information content (AvgIpc) is 2.23. The molecule has 0 aliphatic heterocycles. The number of benzene rings is 1. The van der Waals surface area contributed by atoms with Gasteiger partial charge in [0.1, 0.15) is 0 Å². The first-order valence-electron chi connectivity index (χ1n) is 4.42. The van der Waals surface area contributed by atoms with Gasteiger partial charge in [0.2, 0.25) is 0 Å². The Morgan fingerprint density at radius 1 is 1.21 bits per heavy atom. The van der Waals surface area contributed by atoms with Gasteiger partial charge >= 0.3 is 0 Å². The molecule has 0 amide bonds. The molecule has 0 bridgehead atoms.